The molecule has 2 fully saturated rings. The molecule has 1 heterocycles. The molecule has 1 saturated carbocycles. The maximum atomic E-state index is 3.63. The zero-order chi connectivity index (χ0) is 15.5. The summed E-state index contributed by atoms with van der Waals surface area (Å²) in [4.78, 5) is 5.26. The van der Waals surface area contributed by atoms with Crippen molar-refractivity contribution in [1.82, 2.24) is 15.1 Å². The number of piperidine rings is 1. The van der Waals surface area contributed by atoms with Crippen molar-refractivity contribution in [2.75, 3.05) is 40.3 Å². The summed E-state index contributed by atoms with van der Waals surface area (Å²) in [5.41, 5.74) is 0.448. The van der Waals surface area contributed by atoms with Crippen LogP contribution in [0.2, 0.25) is 0 Å². The Bertz CT molecular complexity index is 308. The average molecular weight is 296 g/mol. The van der Waals surface area contributed by atoms with Crippen LogP contribution in [0, 0.1) is 11.3 Å². The Morgan fingerprint density at radius 2 is 1.86 bits per heavy atom. The third kappa shape index (κ3) is 4.20. The van der Waals surface area contributed by atoms with Gasteiger partial charge in [-0.15, -0.1) is 0 Å². The van der Waals surface area contributed by atoms with E-state index >= 15 is 0 Å². The van der Waals surface area contributed by atoms with E-state index in [2.05, 4.69) is 50.0 Å². The van der Waals surface area contributed by atoms with Gasteiger partial charge in [0.05, 0.1) is 0 Å². The summed E-state index contributed by atoms with van der Waals surface area (Å²) in [7, 11) is 4.52. The van der Waals surface area contributed by atoms with Crippen LogP contribution in [0.3, 0.4) is 0 Å². The van der Waals surface area contributed by atoms with E-state index in [1.165, 1.54) is 58.3 Å². The van der Waals surface area contributed by atoms with Crippen molar-refractivity contribution in [3.05, 3.63) is 0 Å². The number of hydrogen-bond donors (Lipinski definition) is 1. The lowest BCUT2D eigenvalue weighted by Gasteiger charge is -2.46. The van der Waals surface area contributed by atoms with Gasteiger partial charge in [0, 0.05) is 18.6 Å². The fourth-order valence-electron chi connectivity index (χ4n) is 4.80. The molecule has 3 heteroatoms. The Hall–Kier alpha value is -0.120. The molecule has 0 spiro atoms. The highest BCUT2D eigenvalue weighted by Gasteiger charge is 2.38. The van der Waals surface area contributed by atoms with Gasteiger partial charge in [-0.25, -0.2) is 0 Å². The Kier molecular flexibility index (Phi) is 6.10. The molecule has 21 heavy (non-hydrogen) atoms. The predicted octanol–water partition coefficient (Wildman–Crippen LogP) is 2.82. The second-order valence-corrected chi connectivity index (χ2v) is 8.01. The van der Waals surface area contributed by atoms with E-state index in [1.54, 1.807) is 0 Å². The van der Waals surface area contributed by atoms with Crippen LogP contribution in [0.4, 0.5) is 0 Å². The van der Waals surface area contributed by atoms with Gasteiger partial charge in [-0.2, -0.15) is 0 Å². The van der Waals surface area contributed by atoms with Crippen molar-refractivity contribution in [3.8, 4) is 0 Å². The van der Waals surface area contributed by atoms with Crippen LogP contribution in [-0.4, -0.2) is 62.2 Å². The van der Waals surface area contributed by atoms with Crippen molar-refractivity contribution < 1.29 is 0 Å². The minimum absolute atomic E-state index is 0.448. The normalized spacial score (nSPS) is 31.7. The van der Waals surface area contributed by atoms with Crippen LogP contribution in [0.25, 0.3) is 0 Å². The smallest absolute Gasteiger partial charge is 0.0156 e. The molecular weight excluding hydrogens is 258 g/mol. The minimum atomic E-state index is 0.448. The Labute approximate surface area is 132 Å². The van der Waals surface area contributed by atoms with Gasteiger partial charge in [-0.3, -0.25) is 0 Å². The van der Waals surface area contributed by atoms with Crippen LogP contribution in [-0.2, 0) is 0 Å². The topological polar surface area (TPSA) is 18.5 Å². The molecule has 1 N–H and O–H groups in total. The molecule has 3 nitrogen and oxygen atoms in total. The van der Waals surface area contributed by atoms with E-state index in [9.17, 15) is 0 Å². The van der Waals surface area contributed by atoms with Crippen molar-refractivity contribution in [3.63, 3.8) is 0 Å². The maximum absolute atomic E-state index is 3.63. The largest absolute Gasteiger partial charge is 0.316 e. The SMILES string of the molecule is CCN1CCC(N(C)CC2CCCC(C)(C)C2NC)CC1. The number of rotatable bonds is 5. The molecule has 2 rings (SSSR count). The summed E-state index contributed by atoms with van der Waals surface area (Å²) in [5.74, 6) is 0.813. The highest BCUT2D eigenvalue weighted by atomic mass is 15.2. The van der Waals surface area contributed by atoms with Crippen LogP contribution < -0.4 is 5.32 Å². The number of likely N-dealkylation sites (tertiary alicyclic amines) is 1. The van der Waals surface area contributed by atoms with E-state index in [0.717, 1.165) is 12.0 Å². The van der Waals surface area contributed by atoms with Crippen LogP contribution in [0.15, 0.2) is 0 Å². The van der Waals surface area contributed by atoms with E-state index in [-0.39, 0.29) is 0 Å². The van der Waals surface area contributed by atoms with E-state index in [0.29, 0.717) is 11.5 Å². The quantitative estimate of drug-likeness (QED) is 0.841. The third-order valence-electron chi connectivity index (χ3n) is 6.17. The van der Waals surface area contributed by atoms with E-state index < -0.39 is 0 Å². The van der Waals surface area contributed by atoms with Gasteiger partial charge in [0.1, 0.15) is 0 Å². The van der Waals surface area contributed by atoms with Crippen molar-refractivity contribution in [2.45, 2.75) is 65.0 Å². The molecule has 1 saturated heterocycles. The van der Waals surface area contributed by atoms with Crippen molar-refractivity contribution in [2.24, 2.45) is 11.3 Å². The monoisotopic (exact) mass is 295 g/mol. The molecule has 124 valence electrons. The van der Waals surface area contributed by atoms with Gasteiger partial charge < -0.3 is 15.1 Å². The van der Waals surface area contributed by atoms with Gasteiger partial charge in [-0.05, 0) is 70.7 Å². The zero-order valence-electron chi connectivity index (χ0n) is 15.0. The number of hydrogen-bond acceptors (Lipinski definition) is 3. The van der Waals surface area contributed by atoms with E-state index in [4.69, 9.17) is 0 Å². The molecule has 0 bridgehead atoms. The molecule has 2 atom stereocenters. The average Bonchev–Trinajstić information content (AvgIpc) is 2.46. The number of nitrogens with zero attached hydrogens (tertiary/aromatic N) is 2. The molecule has 2 aliphatic rings. The highest BCUT2D eigenvalue weighted by Crippen LogP contribution is 2.39. The van der Waals surface area contributed by atoms with Gasteiger partial charge in [0.25, 0.3) is 0 Å². The zero-order valence-corrected chi connectivity index (χ0v) is 15.0. The van der Waals surface area contributed by atoms with E-state index in [1.807, 2.05) is 0 Å². The Morgan fingerprint density at radius 1 is 1.19 bits per heavy atom. The molecule has 0 aromatic rings. The third-order valence-corrected chi connectivity index (χ3v) is 6.17. The standard InChI is InChI=1S/C18H37N3/c1-6-21-12-9-16(10-13-21)20(5)14-15-8-7-11-18(2,3)17(15)19-4/h15-17,19H,6-14H2,1-5H3. The second-order valence-electron chi connectivity index (χ2n) is 8.01. The summed E-state index contributed by atoms with van der Waals surface area (Å²) in [6.07, 6.45) is 6.87. The summed E-state index contributed by atoms with van der Waals surface area (Å²) >= 11 is 0. The number of nitrogens with one attached hydrogen (secondary N) is 1. The molecule has 2 unspecified atom stereocenters. The maximum Gasteiger partial charge on any atom is 0.0156 e. The highest BCUT2D eigenvalue weighted by molar-refractivity contribution is 4.94. The summed E-state index contributed by atoms with van der Waals surface area (Å²) in [5, 5.41) is 3.63. The first-order valence-electron chi connectivity index (χ1n) is 9.07. The lowest BCUT2D eigenvalue weighted by Crippen LogP contribution is -2.53. The molecule has 0 amide bonds. The summed E-state index contributed by atoms with van der Waals surface area (Å²) < 4.78 is 0. The lowest BCUT2D eigenvalue weighted by atomic mass is 9.67. The Balaban J connectivity index is 1.88. The molecule has 0 aromatic heterocycles. The second kappa shape index (κ2) is 7.43. The molecule has 0 radical (unpaired) electrons. The fraction of sp³-hybridized carbons (Fsp3) is 1.00. The van der Waals surface area contributed by atoms with Crippen LogP contribution in [0.1, 0.15) is 52.9 Å². The van der Waals surface area contributed by atoms with Gasteiger partial charge >= 0.3 is 0 Å². The minimum Gasteiger partial charge on any atom is -0.316 e. The predicted molar refractivity (Wildman–Crippen MR) is 91.7 cm³/mol. The molecule has 0 aromatic carbocycles. The molecule has 1 aliphatic carbocycles. The van der Waals surface area contributed by atoms with Gasteiger partial charge in [0.2, 0.25) is 0 Å². The van der Waals surface area contributed by atoms with Crippen molar-refractivity contribution in [1.29, 1.82) is 0 Å². The first kappa shape index (κ1) is 17.2. The summed E-state index contributed by atoms with van der Waals surface area (Å²) in [6, 6.07) is 1.47. The van der Waals surface area contributed by atoms with Crippen LogP contribution >= 0.6 is 0 Å². The van der Waals surface area contributed by atoms with Gasteiger partial charge in [-0.1, -0.05) is 27.2 Å². The fourth-order valence-corrected chi connectivity index (χ4v) is 4.80. The first-order chi connectivity index (χ1) is 9.97. The Morgan fingerprint density at radius 3 is 2.43 bits per heavy atom. The van der Waals surface area contributed by atoms with Crippen molar-refractivity contribution >= 4 is 0 Å². The summed E-state index contributed by atoms with van der Waals surface area (Å²) in [6.45, 7) is 12.2. The van der Waals surface area contributed by atoms with Gasteiger partial charge in [0.15, 0.2) is 0 Å². The lowest BCUT2D eigenvalue weighted by molar-refractivity contribution is 0.0622. The first-order valence-corrected chi connectivity index (χ1v) is 9.07. The molecular formula is C18H37N3. The van der Waals surface area contributed by atoms with Crippen LogP contribution in [0.5, 0.6) is 0 Å². The molecule has 1 aliphatic heterocycles.